The van der Waals surface area contributed by atoms with Crippen molar-refractivity contribution in [3.8, 4) is 0 Å². The van der Waals surface area contributed by atoms with Gasteiger partial charge < -0.3 is 0 Å². The van der Waals surface area contributed by atoms with E-state index in [1.54, 1.807) is 7.05 Å². The second-order valence-electron chi connectivity index (χ2n) is 4.09. The number of benzene rings is 1. The molecular weight excluding hydrogens is 262 g/mol. The van der Waals surface area contributed by atoms with E-state index in [-0.39, 0.29) is 11.0 Å². The fraction of sp³-hybridized carbons (Fsp3) is 0.429. The number of hydrogen-bond donors (Lipinski definition) is 0. The van der Waals surface area contributed by atoms with Crippen molar-refractivity contribution in [2.75, 3.05) is 12.8 Å². The van der Waals surface area contributed by atoms with Crippen LogP contribution >= 0.6 is 11.8 Å². The topological polar surface area (TPSA) is 46.6 Å². The number of amides is 1. The number of hydrogen-bond acceptors (Lipinski definition) is 4. The highest BCUT2D eigenvalue weighted by molar-refractivity contribution is 8.13. The van der Waals surface area contributed by atoms with Gasteiger partial charge in [0.05, 0.1) is 0 Å². The molecule has 0 saturated heterocycles. The Hall–Kier alpha value is -1.33. The largest absolute Gasteiger partial charge is 0.288 e. The lowest BCUT2D eigenvalue weighted by Crippen LogP contribution is -2.26. The van der Waals surface area contributed by atoms with Crippen LogP contribution < -0.4 is 0 Å². The van der Waals surface area contributed by atoms with Crippen molar-refractivity contribution in [3.63, 3.8) is 0 Å². The Bertz CT molecular complexity index is 408. The summed E-state index contributed by atoms with van der Waals surface area (Å²) in [6, 6.07) is 9.69. The van der Waals surface area contributed by atoms with Gasteiger partial charge in [0.15, 0.2) is 5.12 Å². The van der Waals surface area contributed by atoms with E-state index >= 15 is 0 Å². The predicted molar refractivity (Wildman–Crippen MR) is 76.4 cm³/mol. The number of carbonyl (C=O) groups is 2. The summed E-state index contributed by atoms with van der Waals surface area (Å²) in [4.78, 5) is 27.8. The summed E-state index contributed by atoms with van der Waals surface area (Å²) in [6.07, 6.45) is 1.08. The highest BCUT2D eigenvalue weighted by atomic mass is 32.2. The van der Waals surface area contributed by atoms with Gasteiger partial charge in [-0.25, -0.2) is 5.06 Å². The van der Waals surface area contributed by atoms with Gasteiger partial charge in [0, 0.05) is 26.1 Å². The van der Waals surface area contributed by atoms with Gasteiger partial charge in [-0.05, 0) is 12.0 Å². The van der Waals surface area contributed by atoms with Crippen LogP contribution in [-0.4, -0.2) is 28.9 Å². The molecule has 0 N–H and O–H groups in total. The molecule has 5 heteroatoms. The number of nitrogens with zero attached hydrogens (tertiary/aromatic N) is 1. The average molecular weight is 281 g/mol. The van der Waals surface area contributed by atoms with Gasteiger partial charge in [-0.1, -0.05) is 42.1 Å². The molecule has 0 fully saturated rings. The molecule has 0 heterocycles. The standard InChI is InChI=1S/C14H19NO3S/c1-12(16)19-10-6-9-14(17)15(2)18-11-13-7-4-3-5-8-13/h3-5,7-8H,6,9-11H2,1-2H3. The van der Waals surface area contributed by atoms with Crippen molar-refractivity contribution in [3.05, 3.63) is 35.9 Å². The first-order valence-electron chi connectivity index (χ1n) is 6.16. The Labute approximate surface area is 118 Å². The Morgan fingerprint density at radius 1 is 1.26 bits per heavy atom. The molecule has 104 valence electrons. The predicted octanol–water partition coefficient (Wildman–Crippen LogP) is 2.64. The van der Waals surface area contributed by atoms with Crippen molar-refractivity contribution in [2.24, 2.45) is 0 Å². The summed E-state index contributed by atoms with van der Waals surface area (Å²) in [7, 11) is 1.61. The molecule has 0 aliphatic heterocycles. The van der Waals surface area contributed by atoms with Crippen molar-refractivity contribution in [1.82, 2.24) is 5.06 Å². The molecule has 19 heavy (non-hydrogen) atoms. The van der Waals surface area contributed by atoms with Crippen LogP contribution in [0.15, 0.2) is 30.3 Å². The van der Waals surface area contributed by atoms with E-state index in [9.17, 15) is 9.59 Å². The molecule has 0 radical (unpaired) electrons. The third-order valence-electron chi connectivity index (χ3n) is 2.46. The molecule has 0 atom stereocenters. The van der Waals surface area contributed by atoms with Crippen molar-refractivity contribution >= 4 is 22.8 Å². The monoisotopic (exact) mass is 281 g/mol. The minimum atomic E-state index is -0.0694. The first kappa shape index (κ1) is 15.7. The molecule has 0 aliphatic carbocycles. The average Bonchev–Trinajstić information content (AvgIpc) is 2.41. The maximum absolute atomic E-state index is 11.7. The summed E-state index contributed by atoms with van der Waals surface area (Å²) in [6.45, 7) is 1.91. The van der Waals surface area contributed by atoms with E-state index in [4.69, 9.17) is 4.84 Å². The Morgan fingerprint density at radius 2 is 1.95 bits per heavy atom. The molecule has 0 spiro atoms. The van der Waals surface area contributed by atoms with Gasteiger partial charge in [-0.15, -0.1) is 0 Å². The molecule has 1 amide bonds. The van der Waals surface area contributed by atoms with E-state index in [0.29, 0.717) is 25.2 Å². The van der Waals surface area contributed by atoms with Crippen molar-refractivity contribution in [2.45, 2.75) is 26.4 Å². The molecule has 0 aromatic heterocycles. The highest BCUT2D eigenvalue weighted by Gasteiger charge is 2.09. The van der Waals surface area contributed by atoms with E-state index in [1.807, 2.05) is 30.3 Å². The maximum atomic E-state index is 11.7. The molecule has 0 aliphatic rings. The SMILES string of the molecule is CC(=O)SCCCC(=O)N(C)OCc1ccccc1. The van der Waals surface area contributed by atoms with Crippen molar-refractivity contribution in [1.29, 1.82) is 0 Å². The number of thioether (sulfide) groups is 1. The summed E-state index contributed by atoms with van der Waals surface area (Å²) in [5.74, 6) is 0.605. The molecule has 0 saturated carbocycles. The molecule has 1 aromatic carbocycles. The van der Waals surface area contributed by atoms with E-state index in [0.717, 1.165) is 5.56 Å². The summed E-state index contributed by atoms with van der Waals surface area (Å²) < 4.78 is 0. The first-order chi connectivity index (χ1) is 9.09. The van der Waals surface area contributed by atoms with E-state index in [2.05, 4.69) is 0 Å². The van der Waals surface area contributed by atoms with Crippen LogP contribution in [0.25, 0.3) is 0 Å². The van der Waals surface area contributed by atoms with Crippen LogP contribution in [0.1, 0.15) is 25.3 Å². The number of rotatable bonds is 7. The number of hydroxylamine groups is 2. The minimum absolute atomic E-state index is 0.0694. The zero-order valence-electron chi connectivity index (χ0n) is 11.3. The Kier molecular flexibility index (Phi) is 7.22. The van der Waals surface area contributed by atoms with Crippen molar-refractivity contribution < 1.29 is 14.4 Å². The molecule has 1 rings (SSSR count). The molecule has 4 nitrogen and oxygen atoms in total. The van der Waals surface area contributed by atoms with Crippen LogP contribution in [-0.2, 0) is 21.0 Å². The fourth-order valence-corrected chi connectivity index (χ4v) is 1.99. The normalized spacial score (nSPS) is 10.2. The highest BCUT2D eigenvalue weighted by Crippen LogP contribution is 2.08. The summed E-state index contributed by atoms with van der Waals surface area (Å²) >= 11 is 1.24. The van der Waals surface area contributed by atoms with Gasteiger partial charge >= 0.3 is 0 Å². The molecule has 0 bridgehead atoms. The van der Waals surface area contributed by atoms with Crippen LogP contribution in [0, 0.1) is 0 Å². The van der Waals surface area contributed by atoms with Crippen LogP contribution in [0.5, 0.6) is 0 Å². The summed E-state index contributed by atoms with van der Waals surface area (Å²) in [5.41, 5.74) is 1.02. The molecule has 1 aromatic rings. The number of carbonyl (C=O) groups excluding carboxylic acids is 2. The zero-order valence-corrected chi connectivity index (χ0v) is 12.1. The quantitative estimate of drug-likeness (QED) is 0.569. The van der Waals surface area contributed by atoms with Gasteiger partial charge in [-0.3, -0.25) is 14.4 Å². The van der Waals surface area contributed by atoms with Gasteiger partial charge in [0.1, 0.15) is 6.61 Å². The summed E-state index contributed by atoms with van der Waals surface area (Å²) in [5, 5.41) is 1.35. The third kappa shape index (κ3) is 6.98. The lowest BCUT2D eigenvalue weighted by atomic mass is 10.2. The molecular formula is C14H19NO3S. The van der Waals surface area contributed by atoms with E-state index < -0.39 is 0 Å². The third-order valence-corrected chi connectivity index (χ3v) is 3.36. The minimum Gasteiger partial charge on any atom is -0.288 e. The van der Waals surface area contributed by atoms with Crippen LogP contribution in [0.4, 0.5) is 0 Å². The van der Waals surface area contributed by atoms with Crippen LogP contribution in [0.2, 0.25) is 0 Å². The second-order valence-corrected chi connectivity index (χ2v) is 5.37. The molecule has 0 unspecified atom stereocenters. The first-order valence-corrected chi connectivity index (χ1v) is 7.15. The Balaban J connectivity index is 2.20. The zero-order chi connectivity index (χ0) is 14.1. The van der Waals surface area contributed by atoms with Crippen LogP contribution in [0.3, 0.4) is 0 Å². The van der Waals surface area contributed by atoms with E-state index in [1.165, 1.54) is 23.7 Å². The smallest absolute Gasteiger partial charge is 0.245 e. The lowest BCUT2D eigenvalue weighted by Gasteiger charge is -2.16. The Morgan fingerprint density at radius 3 is 2.58 bits per heavy atom. The maximum Gasteiger partial charge on any atom is 0.245 e. The lowest BCUT2D eigenvalue weighted by molar-refractivity contribution is -0.182. The van der Waals surface area contributed by atoms with Gasteiger partial charge in [0.25, 0.3) is 0 Å². The van der Waals surface area contributed by atoms with Gasteiger partial charge in [-0.2, -0.15) is 0 Å². The van der Waals surface area contributed by atoms with Gasteiger partial charge in [0.2, 0.25) is 5.91 Å². The fourth-order valence-electron chi connectivity index (χ4n) is 1.41. The second kappa shape index (κ2) is 8.72.